The summed E-state index contributed by atoms with van der Waals surface area (Å²) in [5, 5.41) is 14.2. The minimum atomic E-state index is -0.152. The lowest BCUT2D eigenvalue weighted by atomic mass is 10.1. The van der Waals surface area contributed by atoms with Gasteiger partial charge in [-0.2, -0.15) is 4.98 Å². The molecule has 0 radical (unpaired) electrons. The van der Waals surface area contributed by atoms with Crippen molar-refractivity contribution in [2.45, 2.75) is 19.5 Å². The fourth-order valence-corrected chi connectivity index (χ4v) is 3.23. The van der Waals surface area contributed by atoms with Crippen LogP contribution in [0.25, 0.3) is 11.0 Å². The molecule has 0 aliphatic rings. The summed E-state index contributed by atoms with van der Waals surface area (Å²) in [6.07, 6.45) is 1.70. The summed E-state index contributed by atoms with van der Waals surface area (Å²) in [4.78, 5) is 21.5. The number of anilines is 1. The van der Waals surface area contributed by atoms with E-state index in [4.69, 9.17) is 11.6 Å². The molecule has 6 nitrogen and oxygen atoms in total. The first-order chi connectivity index (χ1) is 14.0. The third kappa shape index (κ3) is 4.22. The van der Waals surface area contributed by atoms with Crippen LogP contribution in [0.4, 0.5) is 5.95 Å². The van der Waals surface area contributed by atoms with E-state index >= 15 is 0 Å². The van der Waals surface area contributed by atoms with E-state index in [0.717, 1.165) is 16.5 Å². The summed E-state index contributed by atoms with van der Waals surface area (Å²) in [6.45, 7) is 2.35. The van der Waals surface area contributed by atoms with Crippen LogP contribution in [0.2, 0.25) is 5.02 Å². The molecule has 2 aromatic carbocycles. The van der Waals surface area contributed by atoms with Gasteiger partial charge in [0, 0.05) is 22.7 Å². The number of rotatable bonds is 5. The van der Waals surface area contributed by atoms with E-state index in [1.807, 2.05) is 31.2 Å². The Bertz CT molecular complexity index is 1200. The predicted octanol–water partition coefficient (Wildman–Crippen LogP) is 4.37. The molecule has 0 saturated carbocycles. The van der Waals surface area contributed by atoms with Crippen molar-refractivity contribution >= 4 is 28.6 Å². The summed E-state index contributed by atoms with van der Waals surface area (Å²) in [5.41, 5.74) is 2.33. The lowest BCUT2D eigenvalue weighted by Gasteiger charge is -2.15. The molecule has 1 atom stereocenters. The van der Waals surface area contributed by atoms with Crippen molar-refractivity contribution in [3.8, 4) is 5.75 Å². The molecule has 0 aliphatic carbocycles. The molecule has 1 unspecified atom stereocenters. The molecule has 0 spiro atoms. The average Bonchev–Trinajstić information content (AvgIpc) is 2.72. The first-order valence-corrected chi connectivity index (χ1v) is 9.54. The van der Waals surface area contributed by atoms with E-state index in [0.29, 0.717) is 23.2 Å². The number of aromatic nitrogens is 3. The van der Waals surface area contributed by atoms with Crippen molar-refractivity contribution in [1.29, 1.82) is 0 Å². The second-order valence-corrected chi connectivity index (χ2v) is 7.25. The summed E-state index contributed by atoms with van der Waals surface area (Å²) in [6, 6.07) is 17.5. The Balaban J connectivity index is 1.67. The third-order valence-electron chi connectivity index (χ3n) is 4.72. The normalized spacial score (nSPS) is 12.1. The summed E-state index contributed by atoms with van der Waals surface area (Å²) in [5.74, 6) is 0.619. The molecule has 0 amide bonds. The van der Waals surface area contributed by atoms with Crippen LogP contribution in [0.1, 0.15) is 24.1 Å². The van der Waals surface area contributed by atoms with Gasteiger partial charge in [-0.1, -0.05) is 35.9 Å². The smallest absolute Gasteiger partial charge is 0.252 e. The van der Waals surface area contributed by atoms with E-state index in [9.17, 15) is 9.90 Å². The number of phenolic OH excluding ortho intramolecular Hbond substituents is 1. The maximum absolute atomic E-state index is 12.5. The number of pyridine rings is 1. The minimum Gasteiger partial charge on any atom is -0.508 e. The van der Waals surface area contributed by atoms with Crippen LogP contribution in [0.15, 0.2) is 71.7 Å². The van der Waals surface area contributed by atoms with E-state index in [2.05, 4.69) is 15.3 Å². The van der Waals surface area contributed by atoms with Gasteiger partial charge >= 0.3 is 0 Å². The number of benzene rings is 2. The monoisotopic (exact) mass is 406 g/mol. The Morgan fingerprint density at radius 1 is 1.07 bits per heavy atom. The molecule has 4 aromatic rings. The van der Waals surface area contributed by atoms with Crippen molar-refractivity contribution in [3.05, 3.63) is 93.4 Å². The molecule has 0 bridgehead atoms. The number of nitrogens with one attached hydrogen (secondary N) is 1. The zero-order chi connectivity index (χ0) is 20.4. The fraction of sp³-hybridized carbons (Fsp3) is 0.136. The number of fused-ring (bicyclic) bond motifs is 1. The van der Waals surface area contributed by atoms with Gasteiger partial charge in [-0.25, -0.2) is 4.98 Å². The molecule has 2 N–H and O–H groups in total. The standard InChI is InChI=1S/C22H19ClN4O2/c1-14(16-4-7-18(23)8-5-16)25-22-24-12-17-6-11-20(29)27(21(17)26-22)13-15-2-9-19(28)10-3-15/h2-12,14,28H,13H2,1H3,(H,24,25,26). The highest BCUT2D eigenvalue weighted by atomic mass is 35.5. The second kappa shape index (κ2) is 7.93. The van der Waals surface area contributed by atoms with Crippen molar-refractivity contribution < 1.29 is 5.11 Å². The van der Waals surface area contributed by atoms with Gasteiger partial charge in [-0.05, 0) is 48.4 Å². The number of aromatic hydroxyl groups is 1. The summed E-state index contributed by atoms with van der Waals surface area (Å²) in [7, 11) is 0. The lowest BCUT2D eigenvalue weighted by molar-refractivity contribution is 0.475. The topological polar surface area (TPSA) is 80.0 Å². The minimum absolute atomic E-state index is 0.0364. The van der Waals surface area contributed by atoms with E-state index < -0.39 is 0 Å². The Morgan fingerprint density at radius 2 is 1.79 bits per heavy atom. The first-order valence-electron chi connectivity index (χ1n) is 9.16. The molecule has 0 saturated heterocycles. The zero-order valence-corrected chi connectivity index (χ0v) is 16.5. The Hall–Kier alpha value is -3.38. The Labute approximate surface area is 172 Å². The van der Waals surface area contributed by atoms with Crippen LogP contribution < -0.4 is 10.9 Å². The molecule has 0 fully saturated rings. The van der Waals surface area contributed by atoms with Gasteiger partial charge in [0.05, 0.1) is 12.6 Å². The van der Waals surface area contributed by atoms with Gasteiger partial charge in [-0.3, -0.25) is 9.36 Å². The van der Waals surface area contributed by atoms with Crippen LogP contribution in [0.5, 0.6) is 5.75 Å². The quantitative estimate of drug-likeness (QED) is 0.514. The highest BCUT2D eigenvalue weighted by Gasteiger charge is 2.11. The maximum Gasteiger partial charge on any atom is 0.252 e. The largest absolute Gasteiger partial charge is 0.508 e. The van der Waals surface area contributed by atoms with Crippen molar-refractivity contribution in [2.75, 3.05) is 5.32 Å². The fourth-order valence-electron chi connectivity index (χ4n) is 3.11. The Morgan fingerprint density at radius 3 is 2.52 bits per heavy atom. The number of hydrogen-bond acceptors (Lipinski definition) is 5. The number of phenols is 1. The average molecular weight is 407 g/mol. The lowest BCUT2D eigenvalue weighted by Crippen LogP contribution is -2.21. The maximum atomic E-state index is 12.5. The Kier molecular flexibility index (Phi) is 5.18. The van der Waals surface area contributed by atoms with Crippen LogP contribution >= 0.6 is 11.6 Å². The molecular weight excluding hydrogens is 388 g/mol. The van der Waals surface area contributed by atoms with Gasteiger partial charge in [0.1, 0.15) is 11.4 Å². The van der Waals surface area contributed by atoms with Crippen molar-refractivity contribution in [1.82, 2.24) is 14.5 Å². The summed E-state index contributed by atoms with van der Waals surface area (Å²) < 4.78 is 1.60. The SMILES string of the molecule is CC(Nc1ncc2ccc(=O)n(Cc3ccc(O)cc3)c2n1)c1ccc(Cl)cc1. The van der Waals surface area contributed by atoms with Crippen LogP contribution in [0.3, 0.4) is 0 Å². The van der Waals surface area contributed by atoms with Gasteiger partial charge < -0.3 is 10.4 Å². The molecule has 29 heavy (non-hydrogen) atoms. The highest BCUT2D eigenvalue weighted by Crippen LogP contribution is 2.20. The van der Waals surface area contributed by atoms with Gasteiger partial charge in [0.15, 0.2) is 0 Å². The number of nitrogens with zero attached hydrogens (tertiary/aromatic N) is 3. The highest BCUT2D eigenvalue weighted by molar-refractivity contribution is 6.30. The molecule has 2 heterocycles. The molecular formula is C22H19ClN4O2. The van der Waals surface area contributed by atoms with Crippen LogP contribution in [-0.2, 0) is 6.54 Å². The second-order valence-electron chi connectivity index (χ2n) is 6.81. The van der Waals surface area contributed by atoms with E-state index in [1.54, 1.807) is 41.1 Å². The predicted molar refractivity (Wildman–Crippen MR) is 114 cm³/mol. The molecule has 7 heteroatoms. The van der Waals surface area contributed by atoms with Gasteiger partial charge in [0.2, 0.25) is 5.95 Å². The number of hydrogen-bond donors (Lipinski definition) is 2. The molecule has 146 valence electrons. The van der Waals surface area contributed by atoms with Crippen molar-refractivity contribution in [3.63, 3.8) is 0 Å². The first kappa shape index (κ1) is 19.0. The van der Waals surface area contributed by atoms with Crippen molar-refractivity contribution in [2.24, 2.45) is 0 Å². The van der Waals surface area contributed by atoms with Gasteiger partial charge in [0.25, 0.3) is 5.56 Å². The van der Waals surface area contributed by atoms with E-state index in [-0.39, 0.29) is 17.4 Å². The third-order valence-corrected chi connectivity index (χ3v) is 4.97. The van der Waals surface area contributed by atoms with Crippen LogP contribution in [0, 0.1) is 0 Å². The van der Waals surface area contributed by atoms with E-state index in [1.165, 1.54) is 6.07 Å². The van der Waals surface area contributed by atoms with Gasteiger partial charge in [-0.15, -0.1) is 0 Å². The molecule has 4 rings (SSSR count). The van der Waals surface area contributed by atoms with Crippen LogP contribution in [-0.4, -0.2) is 19.6 Å². The number of halogens is 1. The molecule has 0 aliphatic heterocycles. The zero-order valence-electron chi connectivity index (χ0n) is 15.7. The molecule has 2 aromatic heterocycles. The summed E-state index contributed by atoms with van der Waals surface area (Å²) >= 11 is 5.96.